The van der Waals surface area contributed by atoms with Gasteiger partial charge in [-0.1, -0.05) is 23.2 Å². The predicted octanol–water partition coefficient (Wildman–Crippen LogP) is 5.40. The van der Waals surface area contributed by atoms with Crippen LogP contribution in [0.5, 0.6) is 0 Å². The van der Waals surface area contributed by atoms with Gasteiger partial charge in [-0.25, -0.2) is 4.39 Å². The average molecular weight is 324 g/mol. The zero-order chi connectivity index (χ0) is 15.1. The van der Waals surface area contributed by atoms with Gasteiger partial charge in [0.2, 0.25) is 0 Å². The summed E-state index contributed by atoms with van der Waals surface area (Å²) in [6.45, 7) is 0. The van der Waals surface area contributed by atoms with E-state index in [0.29, 0.717) is 0 Å². The largest absolute Gasteiger partial charge is 0.418 e. The van der Waals surface area contributed by atoms with Crippen LogP contribution in [-0.2, 0) is 6.18 Å². The van der Waals surface area contributed by atoms with E-state index in [-0.39, 0.29) is 21.2 Å². The molecule has 0 spiro atoms. The quantitative estimate of drug-likeness (QED) is 0.551. The Kier molecular flexibility index (Phi) is 3.84. The molecule has 0 aliphatic heterocycles. The van der Waals surface area contributed by atoms with Gasteiger partial charge in [0.1, 0.15) is 5.82 Å². The molecule has 0 heterocycles. The first-order valence-corrected chi connectivity index (χ1v) is 6.07. The minimum atomic E-state index is -4.67. The molecule has 2 N–H and O–H groups in total. The molecule has 106 valence electrons. The molecule has 2 aromatic carbocycles. The predicted molar refractivity (Wildman–Crippen MR) is 71.3 cm³/mol. The number of halogens is 6. The molecule has 0 aromatic heterocycles. The first-order chi connectivity index (χ1) is 9.20. The van der Waals surface area contributed by atoms with E-state index in [0.717, 1.165) is 12.1 Å². The maximum atomic E-state index is 13.8. The van der Waals surface area contributed by atoms with Crippen LogP contribution in [0.1, 0.15) is 5.56 Å². The standard InChI is InChI=1S/C13H7Cl2F4N/c14-7-1-2-8(11(16)5-7)6-3-9(13(17,18)19)12(20)10(15)4-6/h1-5H,20H2. The minimum absolute atomic E-state index is 0.0225. The molecular formula is C13H7Cl2F4N. The average Bonchev–Trinajstić information content (AvgIpc) is 2.31. The van der Waals surface area contributed by atoms with Crippen LogP contribution >= 0.6 is 23.2 Å². The van der Waals surface area contributed by atoms with Gasteiger partial charge in [0.25, 0.3) is 0 Å². The Labute approximate surface area is 121 Å². The van der Waals surface area contributed by atoms with Crippen LogP contribution in [0.25, 0.3) is 11.1 Å². The van der Waals surface area contributed by atoms with Crippen molar-refractivity contribution in [2.75, 3.05) is 5.73 Å². The topological polar surface area (TPSA) is 26.0 Å². The molecule has 0 atom stereocenters. The molecule has 2 aromatic rings. The van der Waals surface area contributed by atoms with E-state index in [4.69, 9.17) is 28.9 Å². The molecule has 7 heteroatoms. The van der Waals surface area contributed by atoms with Crippen LogP contribution in [0.3, 0.4) is 0 Å². The van der Waals surface area contributed by atoms with Crippen molar-refractivity contribution < 1.29 is 17.6 Å². The Morgan fingerprint density at radius 3 is 2.20 bits per heavy atom. The molecule has 0 saturated heterocycles. The molecule has 0 fully saturated rings. The van der Waals surface area contributed by atoms with Crippen molar-refractivity contribution in [1.82, 2.24) is 0 Å². The van der Waals surface area contributed by atoms with Gasteiger partial charge in [0, 0.05) is 10.6 Å². The summed E-state index contributed by atoms with van der Waals surface area (Å²) in [6, 6.07) is 5.59. The van der Waals surface area contributed by atoms with Gasteiger partial charge in [-0.2, -0.15) is 13.2 Å². The second-order valence-corrected chi connectivity index (χ2v) is 4.88. The number of hydrogen-bond acceptors (Lipinski definition) is 1. The number of hydrogen-bond donors (Lipinski definition) is 1. The first-order valence-electron chi connectivity index (χ1n) is 5.32. The smallest absolute Gasteiger partial charge is 0.397 e. The van der Waals surface area contributed by atoms with Crippen LogP contribution in [0.15, 0.2) is 30.3 Å². The van der Waals surface area contributed by atoms with Crippen LogP contribution in [0, 0.1) is 5.82 Å². The Morgan fingerprint density at radius 1 is 1.00 bits per heavy atom. The minimum Gasteiger partial charge on any atom is -0.397 e. The number of anilines is 1. The zero-order valence-electron chi connectivity index (χ0n) is 9.73. The van der Waals surface area contributed by atoms with Crippen LogP contribution in [-0.4, -0.2) is 0 Å². The lowest BCUT2D eigenvalue weighted by Crippen LogP contribution is -2.09. The van der Waals surface area contributed by atoms with Crippen molar-refractivity contribution in [2.24, 2.45) is 0 Å². The van der Waals surface area contributed by atoms with Gasteiger partial charge in [-0.3, -0.25) is 0 Å². The fourth-order valence-corrected chi connectivity index (χ4v) is 2.11. The lowest BCUT2D eigenvalue weighted by molar-refractivity contribution is -0.136. The molecule has 0 bridgehead atoms. The van der Waals surface area contributed by atoms with Gasteiger partial charge in [-0.15, -0.1) is 0 Å². The highest BCUT2D eigenvalue weighted by Crippen LogP contribution is 2.40. The summed E-state index contributed by atoms with van der Waals surface area (Å²) in [5.41, 5.74) is 3.56. The molecule has 0 radical (unpaired) electrons. The van der Waals surface area contributed by atoms with E-state index in [1.165, 1.54) is 18.2 Å². The van der Waals surface area contributed by atoms with Gasteiger partial charge in [0.05, 0.1) is 16.3 Å². The summed E-state index contributed by atoms with van der Waals surface area (Å²) in [7, 11) is 0. The lowest BCUT2D eigenvalue weighted by Gasteiger charge is -2.14. The van der Waals surface area contributed by atoms with Crippen molar-refractivity contribution >= 4 is 28.9 Å². The maximum absolute atomic E-state index is 13.8. The Bertz CT molecular complexity index is 668. The lowest BCUT2D eigenvalue weighted by atomic mass is 10.0. The molecule has 0 unspecified atom stereocenters. The summed E-state index contributed by atoms with van der Waals surface area (Å²) in [5.74, 6) is -0.744. The van der Waals surface area contributed by atoms with E-state index in [1.54, 1.807) is 0 Å². The van der Waals surface area contributed by atoms with Crippen molar-refractivity contribution in [3.63, 3.8) is 0 Å². The summed E-state index contributed by atoms with van der Waals surface area (Å²) in [5, 5.41) is -0.145. The molecule has 0 aliphatic rings. The highest BCUT2D eigenvalue weighted by atomic mass is 35.5. The van der Waals surface area contributed by atoms with E-state index in [2.05, 4.69) is 0 Å². The van der Waals surface area contributed by atoms with Crippen molar-refractivity contribution in [3.8, 4) is 11.1 Å². The number of rotatable bonds is 1. The Balaban J connectivity index is 2.67. The zero-order valence-corrected chi connectivity index (χ0v) is 11.2. The van der Waals surface area contributed by atoms with E-state index in [9.17, 15) is 17.6 Å². The second-order valence-electron chi connectivity index (χ2n) is 4.04. The van der Waals surface area contributed by atoms with E-state index < -0.39 is 23.2 Å². The van der Waals surface area contributed by atoms with Crippen LogP contribution in [0.4, 0.5) is 23.2 Å². The first kappa shape index (κ1) is 14.9. The summed E-state index contributed by atoms with van der Waals surface area (Å²) in [4.78, 5) is 0. The van der Waals surface area contributed by atoms with Crippen LogP contribution in [0.2, 0.25) is 10.0 Å². The summed E-state index contributed by atoms with van der Waals surface area (Å²) >= 11 is 11.3. The third-order valence-corrected chi connectivity index (χ3v) is 3.22. The number of benzene rings is 2. The SMILES string of the molecule is Nc1c(Cl)cc(-c2ccc(Cl)cc2F)cc1C(F)(F)F. The van der Waals surface area contributed by atoms with E-state index in [1.807, 2.05) is 0 Å². The number of nitrogen functional groups attached to an aromatic ring is 1. The third-order valence-electron chi connectivity index (χ3n) is 2.68. The van der Waals surface area contributed by atoms with Gasteiger partial charge in [0.15, 0.2) is 0 Å². The molecule has 20 heavy (non-hydrogen) atoms. The molecule has 1 nitrogen and oxygen atoms in total. The normalized spacial score (nSPS) is 11.7. The van der Waals surface area contributed by atoms with Gasteiger partial charge < -0.3 is 5.73 Å². The van der Waals surface area contributed by atoms with Gasteiger partial charge >= 0.3 is 6.18 Å². The number of nitrogens with two attached hydrogens (primary N) is 1. The Hall–Kier alpha value is -1.46. The Morgan fingerprint density at radius 2 is 1.65 bits per heavy atom. The monoisotopic (exact) mass is 323 g/mol. The molecule has 0 amide bonds. The highest BCUT2D eigenvalue weighted by Gasteiger charge is 2.34. The molecule has 0 aliphatic carbocycles. The highest BCUT2D eigenvalue weighted by molar-refractivity contribution is 6.33. The number of alkyl halides is 3. The van der Waals surface area contributed by atoms with Crippen LogP contribution < -0.4 is 5.73 Å². The van der Waals surface area contributed by atoms with Crippen molar-refractivity contribution in [1.29, 1.82) is 0 Å². The summed E-state index contributed by atoms with van der Waals surface area (Å²) in [6.07, 6.45) is -4.67. The molecule has 2 rings (SSSR count). The van der Waals surface area contributed by atoms with Crippen molar-refractivity contribution in [3.05, 3.63) is 51.8 Å². The fraction of sp³-hybridized carbons (Fsp3) is 0.0769. The molecular weight excluding hydrogens is 317 g/mol. The second kappa shape index (κ2) is 5.14. The van der Waals surface area contributed by atoms with Crippen molar-refractivity contribution in [2.45, 2.75) is 6.18 Å². The maximum Gasteiger partial charge on any atom is 0.418 e. The summed E-state index contributed by atoms with van der Waals surface area (Å²) < 4.78 is 52.3. The molecule has 0 saturated carbocycles. The fourth-order valence-electron chi connectivity index (χ4n) is 1.73. The third kappa shape index (κ3) is 2.83. The van der Waals surface area contributed by atoms with E-state index >= 15 is 0 Å². The van der Waals surface area contributed by atoms with Gasteiger partial charge in [-0.05, 0) is 35.9 Å².